The summed E-state index contributed by atoms with van der Waals surface area (Å²) in [5, 5.41) is 0.150. The molecule has 170 valence electrons. The van der Waals surface area contributed by atoms with E-state index in [1.54, 1.807) is 31.9 Å². The van der Waals surface area contributed by atoms with Gasteiger partial charge in [0.15, 0.2) is 0 Å². The van der Waals surface area contributed by atoms with Gasteiger partial charge in [0.05, 0.1) is 0 Å². The molecule has 1 saturated heterocycles. The number of imide groups is 1. The molecule has 3 amide bonds. The molecular weight excluding hydrogens is 420 g/mol. The Morgan fingerprint density at radius 1 is 1.35 bits per heavy atom. The zero-order chi connectivity index (χ0) is 22.8. The average molecular weight is 451 g/mol. The number of likely N-dealkylation sites (tertiary alicyclic amines) is 1. The quantitative estimate of drug-likeness (QED) is 0.371. The predicted octanol–water partition coefficient (Wildman–Crippen LogP) is 2.45. The molecule has 31 heavy (non-hydrogen) atoms. The van der Waals surface area contributed by atoms with Crippen LogP contribution in [0.15, 0.2) is 11.4 Å². The number of ether oxygens (including phenoxy) is 1. The van der Waals surface area contributed by atoms with Gasteiger partial charge in [0.25, 0.3) is 0 Å². The molecule has 2 heterocycles. The first kappa shape index (κ1) is 23.5. The molecular formula is C21H30N4O5S. The summed E-state index contributed by atoms with van der Waals surface area (Å²) in [5.41, 5.74) is -0.0500. The van der Waals surface area contributed by atoms with Crippen molar-refractivity contribution in [1.82, 2.24) is 14.9 Å². The van der Waals surface area contributed by atoms with Crippen LogP contribution in [0.5, 0.6) is 0 Å². The van der Waals surface area contributed by atoms with E-state index < -0.39 is 28.8 Å². The van der Waals surface area contributed by atoms with Crippen LogP contribution in [0.25, 0.3) is 0 Å². The molecule has 3 rings (SSSR count). The summed E-state index contributed by atoms with van der Waals surface area (Å²) < 4.78 is 17.3. The summed E-state index contributed by atoms with van der Waals surface area (Å²) in [4.78, 5) is 48.5. The Morgan fingerprint density at radius 3 is 2.61 bits per heavy atom. The SMILES string of the molecule is C[S+]([O-])c1ncc(C[C@@H]2CCN(C(=O)OC(C)(C)C)C2=O)c(N(C=O)C2CCCC2)n1. The molecule has 1 unspecified atom stereocenters. The summed E-state index contributed by atoms with van der Waals surface area (Å²) >= 11 is -1.40. The lowest BCUT2D eigenvalue weighted by Gasteiger charge is -2.26. The minimum Gasteiger partial charge on any atom is -0.609 e. The molecule has 0 spiro atoms. The van der Waals surface area contributed by atoms with Crippen molar-refractivity contribution in [2.75, 3.05) is 17.7 Å². The summed E-state index contributed by atoms with van der Waals surface area (Å²) in [6.45, 7) is 5.54. The van der Waals surface area contributed by atoms with Crippen molar-refractivity contribution in [3.63, 3.8) is 0 Å². The fourth-order valence-electron chi connectivity index (χ4n) is 4.07. The van der Waals surface area contributed by atoms with E-state index >= 15 is 0 Å². The van der Waals surface area contributed by atoms with E-state index in [4.69, 9.17) is 4.74 Å². The monoisotopic (exact) mass is 450 g/mol. The number of anilines is 1. The Hall–Kier alpha value is -2.20. The molecule has 0 N–H and O–H groups in total. The maximum Gasteiger partial charge on any atom is 0.417 e. The van der Waals surface area contributed by atoms with Crippen LogP contribution in [0.4, 0.5) is 10.6 Å². The highest BCUT2D eigenvalue weighted by Gasteiger charge is 2.39. The normalized spacial score (nSPS) is 20.7. The lowest BCUT2D eigenvalue weighted by atomic mass is 9.99. The van der Waals surface area contributed by atoms with Crippen LogP contribution in [0.3, 0.4) is 0 Å². The van der Waals surface area contributed by atoms with Crippen LogP contribution >= 0.6 is 0 Å². The van der Waals surface area contributed by atoms with Gasteiger partial charge in [-0.2, -0.15) is 9.97 Å². The van der Waals surface area contributed by atoms with Crippen LogP contribution in [0, 0.1) is 5.92 Å². The van der Waals surface area contributed by atoms with Gasteiger partial charge in [-0.3, -0.25) is 14.5 Å². The van der Waals surface area contributed by atoms with Gasteiger partial charge in [0.2, 0.25) is 12.3 Å². The maximum absolute atomic E-state index is 12.9. The highest BCUT2D eigenvalue weighted by molar-refractivity contribution is 7.90. The van der Waals surface area contributed by atoms with E-state index in [1.165, 1.54) is 6.26 Å². The third-order valence-electron chi connectivity index (χ3n) is 5.55. The fourth-order valence-corrected chi connectivity index (χ4v) is 4.49. The summed E-state index contributed by atoms with van der Waals surface area (Å²) in [6.07, 6.45) is 7.75. The highest BCUT2D eigenvalue weighted by Crippen LogP contribution is 2.32. The first-order chi connectivity index (χ1) is 14.6. The predicted molar refractivity (Wildman–Crippen MR) is 115 cm³/mol. The van der Waals surface area contributed by atoms with Gasteiger partial charge in [-0.05, 0) is 46.5 Å². The van der Waals surface area contributed by atoms with Crippen molar-refractivity contribution in [1.29, 1.82) is 0 Å². The van der Waals surface area contributed by atoms with Gasteiger partial charge in [-0.15, -0.1) is 0 Å². The molecule has 1 aromatic rings. The Morgan fingerprint density at radius 2 is 2.03 bits per heavy atom. The van der Waals surface area contributed by atoms with Crippen LogP contribution < -0.4 is 4.90 Å². The maximum atomic E-state index is 12.9. The van der Waals surface area contributed by atoms with Crippen molar-refractivity contribution in [3.05, 3.63) is 11.8 Å². The third kappa shape index (κ3) is 5.54. The van der Waals surface area contributed by atoms with E-state index in [0.717, 1.165) is 37.0 Å². The molecule has 0 aromatic carbocycles. The number of carbonyl (C=O) groups is 3. The number of rotatable bonds is 6. The molecule has 0 radical (unpaired) electrons. The van der Waals surface area contributed by atoms with Crippen molar-refractivity contribution < 1.29 is 23.7 Å². The Kier molecular flexibility index (Phi) is 7.20. The number of carbonyl (C=O) groups excluding carboxylic acids is 3. The van der Waals surface area contributed by atoms with Gasteiger partial charge in [0, 0.05) is 41.4 Å². The number of nitrogens with zero attached hydrogens (tertiary/aromatic N) is 4. The van der Waals surface area contributed by atoms with Crippen molar-refractivity contribution in [2.24, 2.45) is 5.92 Å². The number of aromatic nitrogens is 2. The van der Waals surface area contributed by atoms with E-state index in [-0.39, 0.29) is 23.7 Å². The number of amides is 3. The fraction of sp³-hybridized carbons (Fsp3) is 0.667. The second-order valence-corrected chi connectivity index (χ2v) is 10.3. The zero-order valence-electron chi connectivity index (χ0n) is 18.5. The molecule has 2 atom stereocenters. The molecule has 2 aliphatic rings. The van der Waals surface area contributed by atoms with Gasteiger partial charge in [-0.1, -0.05) is 12.8 Å². The molecule has 1 saturated carbocycles. The summed E-state index contributed by atoms with van der Waals surface area (Å²) in [6, 6.07) is 0.0295. The minimum atomic E-state index is -1.40. The largest absolute Gasteiger partial charge is 0.609 e. The highest BCUT2D eigenvalue weighted by atomic mass is 32.2. The Bertz CT molecular complexity index is 836. The number of hydrogen-bond acceptors (Lipinski definition) is 7. The summed E-state index contributed by atoms with van der Waals surface area (Å²) in [5.74, 6) is -0.336. The van der Waals surface area contributed by atoms with Crippen LogP contribution in [-0.4, -0.2) is 62.3 Å². The lowest BCUT2D eigenvalue weighted by Crippen LogP contribution is -2.39. The van der Waals surface area contributed by atoms with Gasteiger partial charge >= 0.3 is 11.2 Å². The standard InChI is InChI=1S/C21H30N4O5S/c1-21(2,3)30-20(28)24-10-9-14(18(24)27)11-15-12-22-19(31(4)29)23-17(15)25(13-26)16-7-5-6-8-16/h12-14,16H,5-11H2,1-4H3/t14-,31?/m0/s1. The van der Waals surface area contributed by atoms with Crippen LogP contribution in [-0.2, 0) is 31.9 Å². The van der Waals surface area contributed by atoms with E-state index in [9.17, 15) is 18.9 Å². The second kappa shape index (κ2) is 9.52. The molecule has 1 aliphatic carbocycles. The molecule has 2 fully saturated rings. The molecule has 1 aromatic heterocycles. The van der Waals surface area contributed by atoms with Crippen LogP contribution in [0.2, 0.25) is 0 Å². The second-order valence-electron chi connectivity index (χ2n) is 9.07. The molecule has 9 nitrogen and oxygen atoms in total. The lowest BCUT2D eigenvalue weighted by molar-refractivity contribution is -0.130. The minimum absolute atomic E-state index is 0.0295. The average Bonchev–Trinajstić information content (AvgIpc) is 3.33. The topological polar surface area (TPSA) is 116 Å². The van der Waals surface area contributed by atoms with Gasteiger partial charge in [-0.25, -0.2) is 9.69 Å². The van der Waals surface area contributed by atoms with Crippen molar-refractivity contribution in [3.8, 4) is 0 Å². The first-order valence-electron chi connectivity index (χ1n) is 10.6. The Labute approximate surface area is 185 Å². The van der Waals surface area contributed by atoms with Crippen molar-refractivity contribution in [2.45, 2.75) is 76.1 Å². The molecule has 1 aliphatic heterocycles. The van der Waals surface area contributed by atoms with E-state index in [1.807, 2.05) is 0 Å². The molecule has 10 heteroatoms. The first-order valence-corrected chi connectivity index (χ1v) is 12.1. The van der Waals surface area contributed by atoms with Crippen molar-refractivity contribution >= 4 is 35.4 Å². The molecule has 0 bridgehead atoms. The summed E-state index contributed by atoms with van der Waals surface area (Å²) in [7, 11) is 0. The zero-order valence-corrected chi connectivity index (χ0v) is 19.3. The van der Waals surface area contributed by atoms with Gasteiger partial charge < -0.3 is 9.29 Å². The number of hydrogen-bond donors (Lipinski definition) is 0. The third-order valence-corrected chi connectivity index (χ3v) is 6.26. The van der Waals surface area contributed by atoms with E-state index in [0.29, 0.717) is 24.2 Å². The van der Waals surface area contributed by atoms with Gasteiger partial charge in [0.1, 0.15) is 17.7 Å². The Balaban J connectivity index is 1.83. The smallest absolute Gasteiger partial charge is 0.417 e. The van der Waals surface area contributed by atoms with E-state index in [2.05, 4.69) is 9.97 Å². The van der Waals surface area contributed by atoms with Crippen LogP contribution in [0.1, 0.15) is 58.4 Å².